The van der Waals surface area contributed by atoms with Gasteiger partial charge in [-0.3, -0.25) is 0 Å². The second-order valence-electron chi connectivity index (χ2n) is 12.8. The zero-order valence-electron chi connectivity index (χ0n) is 22.6. The molecule has 3 heterocycles. The predicted octanol–water partition coefficient (Wildman–Crippen LogP) is 8.68. The van der Waals surface area contributed by atoms with E-state index in [1.165, 1.54) is 96.9 Å². The molecular formula is C34H37N2+. The molecule has 0 N–H and O–H groups in total. The summed E-state index contributed by atoms with van der Waals surface area (Å²) in [5.74, 6) is 0.694. The molecule has 36 heavy (non-hydrogen) atoms. The van der Waals surface area contributed by atoms with Crippen molar-refractivity contribution in [1.82, 2.24) is 4.40 Å². The summed E-state index contributed by atoms with van der Waals surface area (Å²) < 4.78 is 4.97. The predicted molar refractivity (Wildman–Crippen MR) is 154 cm³/mol. The zero-order valence-corrected chi connectivity index (χ0v) is 22.6. The molecule has 1 aliphatic rings. The highest BCUT2D eigenvalue weighted by Crippen LogP contribution is 2.44. The number of nitrogens with zero attached hydrogens (tertiary/aromatic N) is 2. The van der Waals surface area contributed by atoms with E-state index in [1.54, 1.807) is 0 Å². The van der Waals surface area contributed by atoms with Crippen LogP contribution in [0.1, 0.15) is 74.6 Å². The first-order chi connectivity index (χ1) is 17.2. The monoisotopic (exact) mass is 473 g/mol. The zero-order chi connectivity index (χ0) is 24.9. The summed E-state index contributed by atoms with van der Waals surface area (Å²) >= 11 is 0. The fraction of sp³-hybridized carbons (Fsp3) is 0.382. The molecule has 1 saturated carbocycles. The second kappa shape index (κ2) is 7.44. The Bertz CT molecular complexity index is 1820. The summed E-state index contributed by atoms with van der Waals surface area (Å²) in [6.45, 7) is 11.6. The number of hydrogen-bond donors (Lipinski definition) is 0. The van der Waals surface area contributed by atoms with Crippen molar-refractivity contribution in [3.8, 4) is 0 Å². The van der Waals surface area contributed by atoms with Crippen molar-refractivity contribution in [2.45, 2.75) is 72.6 Å². The van der Waals surface area contributed by atoms with Crippen LogP contribution in [0.2, 0.25) is 0 Å². The molecule has 3 aromatic heterocycles. The number of aromatic nitrogens is 2. The van der Waals surface area contributed by atoms with Gasteiger partial charge in [-0.25, -0.2) is 4.57 Å². The highest BCUT2D eigenvalue weighted by Gasteiger charge is 2.27. The molecular weight excluding hydrogens is 436 g/mol. The topological polar surface area (TPSA) is 8.29 Å². The van der Waals surface area contributed by atoms with Crippen LogP contribution in [0, 0.1) is 19.3 Å². The molecule has 7 rings (SSSR count). The Morgan fingerprint density at radius 3 is 2.42 bits per heavy atom. The van der Waals surface area contributed by atoms with Gasteiger partial charge in [0.15, 0.2) is 6.20 Å². The normalized spacial score (nSPS) is 15.6. The molecule has 3 aromatic carbocycles. The van der Waals surface area contributed by atoms with Gasteiger partial charge in [-0.1, -0.05) is 45.7 Å². The van der Waals surface area contributed by atoms with E-state index in [9.17, 15) is 0 Å². The minimum atomic E-state index is 0.267. The molecule has 6 aromatic rings. The molecule has 182 valence electrons. The molecule has 0 unspecified atom stereocenters. The third kappa shape index (κ3) is 3.06. The number of benzene rings is 3. The molecule has 1 fully saturated rings. The largest absolute Gasteiger partial charge is 0.307 e. The van der Waals surface area contributed by atoms with Crippen LogP contribution in [0.25, 0.3) is 49.0 Å². The molecule has 0 aliphatic heterocycles. The summed E-state index contributed by atoms with van der Waals surface area (Å²) in [5, 5.41) is 6.99. The SMILES string of the molecule is Cc1cc2c3cc(CC(C)(C)C)ccc3n3c4cc(C5CCCC5)cc5cc[n+](C)c(c(c1C)c23)c54. The van der Waals surface area contributed by atoms with Crippen molar-refractivity contribution in [2.75, 3.05) is 0 Å². The molecule has 1 aliphatic carbocycles. The van der Waals surface area contributed by atoms with E-state index in [0.29, 0.717) is 5.92 Å². The van der Waals surface area contributed by atoms with Gasteiger partial charge in [0, 0.05) is 16.8 Å². The lowest BCUT2D eigenvalue weighted by molar-refractivity contribution is -0.643. The third-order valence-electron chi connectivity index (χ3n) is 8.91. The van der Waals surface area contributed by atoms with Crippen LogP contribution in [-0.2, 0) is 13.5 Å². The van der Waals surface area contributed by atoms with Gasteiger partial charge in [-0.15, -0.1) is 0 Å². The second-order valence-corrected chi connectivity index (χ2v) is 12.8. The summed E-state index contributed by atoms with van der Waals surface area (Å²) in [4.78, 5) is 0. The molecule has 0 bridgehead atoms. The molecule has 0 spiro atoms. The summed E-state index contributed by atoms with van der Waals surface area (Å²) in [7, 11) is 2.22. The molecule has 2 heteroatoms. The average molecular weight is 474 g/mol. The molecule has 0 atom stereocenters. The Balaban J connectivity index is 1.72. The Morgan fingerprint density at radius 2 is 1.67 bits per heavy atom. The van der Waals surface area contributed by atoms with Crippen LogP contribution in [0.15, 0.2) is 48.7 Å². The van der Waals surface area contributed by atoms with Crippen molar-refractivity contribution in [3.05, 3.63) is 70.9 Å². The molecule has 0 radical (unpaired) electrons. The lowest BCUT2D eigenvalue weighted by Crippen LogP contribution is -2.29. The fourth-order valence-electron chi connectivity index (χ4n) is 7.19. The van der Waals surface area contributed by atoms with Gasteiger partial charge in [-0.05, 0) is 96.3 Å². The standard InChI is InChI=1S/C34H37N2/c1-20-15-27-26-16-22(19-34(3,4)5)11-12-28(26)36-29-18-25(23-9-7-8-10-23)17-24-13-14-35(6)33(31(24)29)30(21(20)2)32(27)36/h11-18,23H,7-10,19H2,1-6H3/q+1. The maximum absolute atomic E-state index is 2.61. The van der Waals surface area contributed by atoms with Crippen molar-refractivity contribution >= 4 is 49.0 Å². The minimum absolute atomic E-state index is 0.267. The van der Waals surface area contributed by atoms with Gasteiger partial charge in [0.2, 0.25) is 5.52 Å². The lowest BCUT2D eigenvalue weighted by Gasteiger charge is -2.18. The maximum atomic E-state index is 2.61. The third-order valence-corrected chi connectivity index (χ3v) is 8.91. The van der Waals surface area contributed by atoms with E-state index in [0.717, 1.165) is 6.42 Å². The summed E-state index contributed by atoms with van der Waals surface area (Å²) in [5.41, 5.74) is 11.5. The smallest absolute Gasteiger partial charge is 0.224 e. The first-order valence-electron chi connectivity index (χ1n) is 13.8. The first kappa shape index (κ1) is 22.1. The van der Waals surface area contributed by atoms with E-state index in [1.807, 2.05) is 0 Å². The maximum Gasteiger partial charge on any atom is 0.224 e. The molecule has 2 nitrogen and oxygen atoms in total. The van der Waals surface area contributed by atoms with Gasteiger partial charge in [0.25, 0.3) is 0 Å². The Kier molecular flexibility index (Phi) is 4.57. The number of hydrogen-bond acceptors (Lipinski definition) is 0. The van der Waals surface area contributed by atoms with Crippen molar-refractivity contribution in [3.63, 3.8) is 0 Å². The number of pyridine rings is 2. The highest BCUT2D eigenvalue weighted by molar-refractivity contribution is 6.26. The van der Waals surface area contributed by atoms with Crippen LogP contribution in [-0.4, -0.2) is 4.40 Å². The Hall–Kier alpha value is -3.13. The van der Waals surface area contributed by atoms with Crippen LogP contribution < -0.4 is 4.57 Å². The number of aryl methyl sites for hydroxylation is 3. The van der Waals surface area contributed by atoms with Gasteiger partial charge < -0.3 is 4.40 Å². The minimum Gasteiger partial charge on any atom is -0.307 e. The number of rotatable bonds is 2. The number of fused-ring (bicyclic) bond motifs is 5. The molecule has 0 saturated heterocycles. The van der Waals surface area contributed by atoms with Crippen LogP contribution in [0.4, 0.5) is 0 Å². The quantitative estimate of drug-likeness (QED) is 0.135. The highest BCUT2D eigenvalue weighted by atomic mass is 15.0. The molecule has 0 amide bonds. The Morgan fingerprint density at radius 1 is 0.889 bits per heavy atom. The van der Waals surface area contributed by atoms with E-state index >= 15 is 0 Å². The van der Waals surface area contributed by atoms with E-state index in [2.05, 4.69) is 99.3 Å². The van der Waals surface area contributed by atoms with Crippen LogP contribution >= 0.6 is 0 Å². The first-order valence-corrected chi connectivity index (χ1v) is 13.8. The van der Waals surface area contributed by atoms with Crippen molar-refractivity contribution in [2.24, 2.45) is 12.5 Å². The van der Waals surface area contributed by atoms with Gasteiger partial charge in [-0.2, -0.15) is 0 Å². The summed E-state index contributed by atoms with van der Waals surface area (Å²) in [6, 6.07) is 17.1. The fourth-order valence-corrected chi connectivity index (χ4v) is 7.19. The lowest BCUT2D eigenvalue weighted by atomic mass is 9.87. The van der Waals surface area contributed by atoms with E-state index in [-0.39, 0.29) is 5.41 Å². The van der Waals surface area contributed by atoms with Crippen LogP contribution in [0.3, 0.4) is 0 Å². The average Bonchev–Trinajstić information content (AvgIpc) is 3.46. The van der Waals surface area contributed by atoms with Crippen molar-refractivity contribution in [1.29, 1.82) is 0 Å². The Labute approximate surface area is 213 Å². The van der Waals surface area contributed by atoms with Gasteiger partial charge >= 0.3 is 0 Å². The van der Waals surface area contributed by atoms with Crippen LogP contribution in [0.5, 0.6) is 0 Å². The van der Waals surface area contributed by atoms with E-state index in [4.69, 9.17) is 0 Å². The van der Waals surface area contributed by atoms with Gasteiger partial charge in [0.1, 0.15) is 7.05 Å². The van der Waals surface area contributed by atoms with E-state index < -0.39 is 0 Å². The van der Waals surface area contributed by atoms with Gasteiger partial charge in [0.05, 0.1) is 27.3 Å². The van der Waals surface area contributed by atoms with Crippen molar-refractivity contribution < 1.29 is 4.57 Å². The summed E-state index contributed by atoms with van der Waals surface area (Å²) in [6.07, 6.45) is 8.73.